The zero-order valence-corrected chi connectivity index (χ0v) is 23.2. The second-order valence-electron chi connectivity index (χ2n) is 10.5. The monoisotopic (exact) mass is 569 g/mol. The predicted molar refractivity (Wildman–Crippen MR) is 143 cm³/mol. The minimum Gasteiger partial charge on any atom is -0.494 e. The van der Waals surface area contributed by atoms with Crippen LogP contribution in [0.4, 0.5) is 0 Å². The van der Waals surface area contributed by atoms with E-state index in [1.807, 2.05) is 39.0 Å². The minimum absolute atomic E-state index is 0.0763. The number of aryl methyl sites for hydroxylation is 1. The van der Waals surface area contributed by atoms with Crippen molar-refractivity contribution in [3.05, 3.63) is 40.6 Å². The van der Waals surface area contributed by atoms with Gasteiger partial charge in [0.1, 0.15) is 30.2 Å². The Morgan fingerprint density at radius 2 is 1.75 bits per heavy atom. The van der Waals surface area contributed by atoms with Gasteiger partial charge in [-0.25, -0.2) is 0 Å². The zero-order valence-electron chi connectivity index (χ0n) is 23.2. The summed E-state index contributed by atoms with van der Waals surface area (Å²) in [6.45, 7) is 5.07. The molecule has 1 aliphatic heterocycles. The van der Waals surface area contributed by atoms with Gasteiger partial charge in [-0.1, -0.05) is 19.9 Å². The van der Waals surface area contributed by atoms with Crippen LogP contribution in [0.25, 0.3) is 0 Å². The molecule has 5 atom stereocenters. The first kappa shape index (κ1) is 32.2. The molecule has 0 spiro atoms. The maximum atomic E-state index is 10.4. The molecule has 226 valence electrons. The normalized spacial score (nSPS) is 23.5. The van der Waals surface area contributed by atoms with Crippen LogP contribution >= 0.6 is 0 Å². The van der Waals surface area contributed by atoms with Gasteiger partial charge in [0.25, 0.3) is 0 Å². The molecule has 13 heteroatoms. The molecule has 1 saturated heterocycles. The van der Waals surface area contributed by atoms with E-state index in [4.69, 9.17) is 14.2 Å². The molecule has 1 aromatic carbocycles. The average Bonchev–Trinajstić information content (AvgIpc) is 3.35. The molecule has 0 aliphatic carbocycles. The van der Waals surface area contributed by atoms with Crippen molar-refractivity contribution in [2.24, 2.45) is 0 Å². The van der Waals surface area contributed by atoms with Crippen molar-refractivity contribution in [1.82, 2.24) is 15.5 Å². The quantitative estimate of drug-likeness (QED) is 0.114. The number of H-pyrrole nitrogens is 1. The summed E-state index contributed by atoms with van der Waals surface area (Å²) in [7, 11) is 0. The van der Waals surface area contributed by atoms with E-state index in [-0.39, 0.29) is 31.6 Å². The summed E-state index contributed by atoms with van der Waals surface area (Å²) in [5.74, 6) is 0.936. The van der Waals surface area contributed by atoms with Crippen molar-refractivity contribution in [2.75, 3.05) is 39.6 Å². The topological polar surface area (TPSA) is 210 Å². The van der Waals surface area contributed by atoms with Crippen molar-refractivity contribution in [3.8, 4) is 11.6 Å². The van der Waals surface area contributed by atoms with Crippen LogP contribution in [0.2, 0.25) is 0 Å². The van der Waals surface area contributed by atoms with Gasteiger partial charge < -0.3 is 55.3 Å². The Labute approximate surface area is 233 Å². The van der Waals surface area contributed by atoms with E-state index < -0.39 is 42.9 Å². The number of ether oxygens (including phenoxy) is 3. The number of nitrogens with one attached hydrogen (secondary N) is 2. The highest BCUT2D eigenvalue weighted by atomic mass is 16.7. The van der Waals surface area contributed by atoms with E-state index in [0.29, 0.717) is 31.7 Å². The summed E-state index contributed by atoms with van der Waals surface area (Å²) in [6, 6.07) is 5.70. The number of benzene rings is 1. The molecule has 1 aromatic heterocycles. The van der Waals surface area contributed by atoms with Gasteiger partial charge in [0.2, 0.25) is 12.2 Å². The van der Waals surface area contributed by atoms with Gasteiger partial charge >= 0.3 is 0 Å². The molecule has 2 heterocycles. The van der Waals surface area contributed by atoms with E-state index >= 15 is 0 Å². The SMILES string of the molecule is Cc1cc(OCCCNC(CO)(CO)CO)ccc1Cc1c(OC2O[C@H](CO)[C@@H](O)[C@H](O)[C@H]2O)n[nH]c1C(C)C. The smallest absolute Gasteiger partial charge is 0.238 e. The number of aliphatic hydroxyl groups is 7. The van der Waals surface area contributed by atoms with Crippen molar-refractivity contribution < 1.29 is 50.0 Å². The lowest BCUT2D eigenvalue weighted by molar-refractivity contribution is -0.278. The fraction of sp³-hybridized carbons (Fsp3) is 0.667. The third-order valence-electron chi connectivity index (χ3n) is 7.19. The van der Waals surface area contributed by atoms with Gasteiger partial charge in [-0.15, -0.1) is 5.10 Å². The highest BCUT2D eigenvalue weighted by Crippen LogP contribution is 2.32. The van der Waals surface area contributed by atoms with Gasteiger partial charge in [0, 0.05) is 17.7 Å². The van der Waals surface area contributed by atoms with Crippen LogP contribution in [-0.4, -0.2) is 122 Å². The second-order valence-corrected chi connectivity index (χ2v) is 10.5. The number of aliphatic hydroxyl groups excluding tert-OH is 7. The first-order chi connectivity index (χ1) is 19.1. The lowest BCUT2D eigenvalue weighted by Crippen LogP contribution is -2.60. The van der Waals surface area contributed by atoms with Crippen molar-refractivity contribution in [2.45, 2.75) is 75.8 Å². The predicted octanol–water partition coefficient (Wildman–Crippen LogP) is -1.31. The van der Waals surface area contributed by atoms with Gasteiger partial charge in [0.15, 0.2) is 0 Å². The average molecular weight is 570 g/mol. The van der Waals surface area contributed by atoms with E-state index in [9.17, 15) is 35.7 Å². The third-order valence-corrected chi connectivity index (χ3v) is 7.19. The number of aromatic nitrogens is 2. The van der Waals surface area contributed by atoms with Crippen LogP contribution < -0.4 is 14.8 Å². The molecule has 0 bridgehead atoms. The number of rotatable bonds is 15. The Kier molecular flexibility index (Phi) is 11.7. The Morgan fingerprint density at radius 1 is 1.05 bits per heavy atom. The molecule has 3 rings (SSSR count). The lowest BCUT2D eigenvalue weighted by atomic mass is 9.96. The molecular formula is C27H43N3O10. The van der Waals surface area contributed by atoms with Gasteiger partial charge in [0.05, 0.1) is 38.6 Å². The zero-order chi connectivity index (χ0) is 29.4. The van der Waals surface area contributed by atoms with Gasteiger partial charge in [-0.3, -0.25) is 5.10 Å². The van der Waals surface area contributed by atoms with Crippen molar-refractivity contribution in [1.29, 1.82) is 0 Å². The molecule has 40 heavy (non-hydrogen) atoms. The molecule has 0 amide bonds. The first-order valence-corrected chi connectivity index (χ1v) is 13.4. The maximum absolute atomic E-state index is 10.4. The summed E-state index contributed by atoms with van der Waals surface area (Å²) in [6.07, 6.45) is -6.00. The fourth-order valence-corrected chi connectivity index (χ4v) is 4.46. The highest BCUT2D eigenvalue weighted by molar-refractivity contribution is 5.42. The summed E-state index contributed by atoms with van der Waals surface area (Å²) in [4.78, 5) is 0. The summed E-state index contributed by atoms with van der Waals surface area (Å²) in [5.41, 5.74) is 2.40. The molecule has 0 radical (unpaired) electrons. The van der Waals surface area contributed by atoms with Crippen LogP contribution in [-0.2, 0) is 11.2 Å². The highest BCUT2D eigenvalue weighted by Gasteiger charge is 2.45. The maximum Gasteiger partial charge on any atom is 0.238 e. The number of hydrogen-bond acceptors (Lipinski definition) is 12. The molecule has 2 aromatic rings. The molecule has 1 unspecified atom stereocenters. The fourth-order valence-electron chi connectivity index (χ4n) is 4.46. The van der Waals surface area contributed by atoms with Crippen LogP contribution in [0.3, 0.4) is 0 Å². The van der Waals surface area contributed by atoms with E-state index in [1.54, 1.807) is 0 Å². The Bertz CT molecular complexity index is 1050. The first-order valence-electron chi connectivity index (χ1n) is 13.4. The number of hydrogen-bond donors (Lipinski definition) is 9. The molecular weight excluding hydrogens is 526 g/mol. The third kappa shape index (κ3) is 7.49. The molecule has 1 fully saturated rings. The van der Waals surface area contributed by atoms with Crippen molar-refractivity contribution >= 4 is 0 Å². The van der Waals surface area contributed by atoms with Crippen LogP contribution in [0.1, 0.15) is 48.6 Å². The molecule has 9 N–H and O–H groups in total. The Morgan fingerprint density at radius 3 is 2.35 bits per heavy atom. The van der Waals surface area contributed by atoms with E-state index in [2.05, 4.69) is 15.5 Å². The summed E-state index contributed by atoms with van der Waals surface area (Å²) in [5, 5.41) is 78.4. The summed E-state index contributed by atoms with van der Waals surface area (Å²) < 4.78 is 17.2. The Balaban J connectivity index is 1.67. The minimum atomic E-state index is -1.56. The van der Waals surface area contributed by atoms with Gasteiger partial charge in [-0.2, -0.15) is 0 Å². The molecule has 0 saturated carbocycles. The van der Waals surface area contributed by atoms with Crippen LogP contribution in [0, 0.1) is 6.92 Å². The molecule has 1 aliphatic rings. The van der Waals surface area contributed by atoms with E-state index in [0.717, 1.165) is 22.4 Å². The Hall–Kier alpha value is -2.33. The van der Waals surface area contributed by atoms with Crippen LogP contribution in [0.15, 0.2) is 18.2 Å². The standard InChI is InChI=1S/C27H43N3O10/c1-15(2)21-19(25(30-29-21)40-26-24(37)23(36)22(35)20(11-31)39-26)10-17-5-6-18(9-16(17)3)38-8-4-7-28-27(12-32,13-33)14-34/h5-6,9,15,20,22-24,26,28,31-37H,4,7-8,10-14H2,1-3H3,(H,29,30)/t20-,22-,23+,24-,26?/m1/s1. The largest absolute Gasteiger partial charge is 0.494 e. The lowest BCUT2D eigenvalue weighted by Gasteiger charge is -2.39. The van der Waals surface area contributed by atoms with E-state index in [1.165, 1.54) is 0 Å². The second kappa shape index (κ2) is 14.5. The van der Waals surface area contributed by atoms with Gasteiger partial charge in [-0.05, 0) is 49.1 Å². The number of aromatic amines is 1. The van der Waals surface area contributed by atoms with Crippen LogP contribution in [0.5, 0.6) is 11.6 Å². The van der Waals surface area contributed by atoms with Crippen molar-refractivity contribution in [3.63, 3.8) is 0 Å². The molecule has 13 nitrogen and oxygen atoms in total. The summed E-state index contributed by atoms with van der Waals surface area (Å²) >= 11 is 0. The number of nitrogens with zero attached hydrogens (tertiary/aromatic N) is 1.